The van der Waals surface area contributed by atoms with Gasteiger partial charge in [-0.3, -0.25) is 0 Å². The Morgan fingerprint density at radius 2 is 1.77 bits per heavy atom. The predicted molar refractivity (Wildman–Crippen MR) is 123 cm³/mol. The second kappa shape index (κ2) is 10.2. The summed E-state index contributed by atoms with van der Waals surface area (Å²) in [4.78, 5) is 18.4. The number of carboxylic acids is 1. The molecule has 31 heavy (non-hydrogen) atoms. The molecule has 2 N–H and O–H groups in total. The third-order valence-electron chi connectivity index (χ3n) is 5.02. The second-order valence-electron chi connectivity index (χ2n) is 8.15. The van der Waals surface area contributed by atoms with Crippen molar-refractivity contribution >= 4 is 17.4 Å². The number of carbonyl (C=O) groups is 1. The maximum atomic E-state index is 11.1. The molecule has 0 spiro atoms. The van der Waals surface area contributed by atoms with Crippen LogP contribution in [0, 0.1) is 0 Å². The molecule has 0 aliphatic rings. The number of aromatic hydroxyl groups is 1. The average molecular weight is 429 g/mol. The molecule has 0 saturated carbocycles. The molecule has 0 fully saturated rings. The molecule has 0 radical (unpaired) electrons. The highest BCUT2D eigenvalue weighted by molar-refractivity contribution is 6.02. The molecule has 7 heteroatoms. The zero-order valence-electron chi connectivity index (χ0n) is 19.1. The maximum absolute atomic E-state index is 11.1. The Balaban J connectivity index is 2.36. The van der Waals surface area contributed by atoms with Crippen LogP contribution in [-0.2, 0) is 10.3 Å². The molecule has 0 aliphatic carbocycles. The van der Waals surface area contributed by atoms with Gasteiger partial charge in [-0.1, -0.05) is 32.0 Å². The smallest absolute Gasteiger partial charge is 0.339 e. The van der Waals surface area contributed by atoms with Crippen molar-refractivity contribution in [3.05, 3.63) is 53.1 Å². The van der Waals surface area contributed by atoms with Gasteiger partial charge in [0.2, 0.25) is 0 Å². The van der Waals surface area contributed by atoms with Gasteiger partial charge < -0.3 is 24.7 Å². The van der Waals surface area contributed by atoms with Crippen molar-refractivity contribution in [2.45, 2.75) is 40.0 Å². The summed E-state index contributed by atoms with van der Waals surface area (Å²) < 4.78 is 5.76. The normalized spacial score (nSPS) is 11.9. The van der Waals surface area contributed by atoms with E-state index < -0.39 is 5.97 Å². The molecule has 0 saturated heterocycles. The monoisotopic (exact) mass is 428 g/mol. The van der Waals surface area contributed by atoms with Crippen molar-refractivity contribution in [2.24, 2.45) is 5.16 Å². The van der Waals surface area contributed by atoms with Gasteiger partial charge in [0.05, 0.1) is 0 Å². The van der Waals surface area contributed by atoms with E-state index in [9.17, 15) is 9.90 Å². The second-order valence-corrected chi connectivity index (χ2v) is 8.15. The molecule has 7 nitrogen and oxygen atoms in total. The third-order valence-corrected chi connectivity index (χ3v) is 5.02. The fraction of sp³-hybridized carbons (Fsp3) is 0.417. The number of oxime groups is 1. The largest absolute Gasteiger partial charge is 0.507 e. The van der Waals surface area contributed by atoms with Crippen LogP contribution >= 0.6 is 0 Å². The van der Waals surface area contributed by atoms with Gasteiger partial charge in [0.1, 0.15) is 36.5 Å². The fourth-order valence-corrected chi connectivity index (χ4v) is 3.36. The Labute approximate surface area is 183 Å². The summed E-state index contributed by atoms with van der Waals surface area (Å²) in [5.41, 5.74) is 3.58. The Kier molecular flexibility index (Phi) is 7.91. The van der Waals surface area contributed by atoms with Crippen LogP contribution in [0.3, 0.4) is 0 Å². The van der Waals surface area contributed by atoms with Gasteiger partial charge in [-0.05, 0) is 49.1 Å². The Hall–Kier alpha value is -3.22. The molecule has 0 heterocycles. The van der Waals surface area contributed by atoms with Gasteiger partial charge in [0, 0.05) is 30.4 Å². The van der Waals surface area contributed by atoms with Crippen LogP contribution < -0.4 is 9.64 Å². The van der Waals surface area contributed by atoms with Gasteiger partial charge in [0.15, 0.2) is 0 Å². The predicted octanol–water partition coefficient (Wildman–Crippen LogP) is 4.66. The van der Waals surface area contributed by atoms with Gasteiger partial charge in [-0.15, -0.1) is 0 Å². The van der Waals surface area contributed by atoms with Gasteiger partial charge in [-0.2, -0.15) is 0 Å². The first-order valence-electron chi connectivity index (χ1n) is 10.3. The first-order valence-corrected chi connectivity index (χ1v) is 10.3. The summed E-state index contributed by atoms with van der Waals surface area (Å²) in [5, 5.41) is 23.1. The number of aromatic carboxylic acids is 1. The van der Waals surface area contributed by atoms with E-state index in [4.69, 9.17) is 14.7 Å². The maximum Gasteiger partial charge on any atom is 0.339 e. The summed E-state index contributed by atoms with van der Waals surface area (Å²) >= 11 is 0. The molecule has 2 aromatic carbocycles. The highest BCUT2D eigenvalue weighted by Crippen LogP contribution is 2.33. The van der Waals surface area contributed by atoms with Crippen LogP contribution in [0.2, 0.25) is 0 Å². The Bertz CT molecular complexity index is 943. The topological polar surface area (TPSA) is 91.6 Å². The van der Waals surface area contributed by atoms with Crippen molar-refractivity contribution in [1.82, 2.24) is 0 Å². The standard InChI is InChI=1S/C24H32N2O5/c1-7-26(8-2)21-12-9-16(13-19(21)24(3,4)5)20(25-30-6)15-31-17-10-11-18(23(28)29)22(27)14-17/h9-14,27H,7-8,15H2,1-6H3,(H,28,29)/b25-20-. The zero-order chi connectivity index (χ0) is 23.2. The minimum Gasteiger partial charge on any atom is -0.507 e. The van der Waals surface area contributed by atoms with Crippen molar-refractivity contribution in [2.75, 3.05) is 31.7 Å². The fourth-order valence-electron chi connectivity index (χ4n) is 3.36. The number of phenols is 1. The van der Waals surface area contributed by atoms with Gasteiger partial charge in [-0.25, -0.2) is 4.79 Å². The summed E-state index contributed by atoms with van der Waals surface area (Å²) in [6.07, 6.45) is 0. The molecular weight excluding hydrogens is 396 g/mol. The van der Waals surface area contributed by atoms with E-state index in [0.29, 0.717) is 11.5 Å². The van der Waals surface area contributed by atoms with Crippen LogP contribution in [0.15, 0.2) is 41.6 Å². The van der Waals surface area contributed by atoms with E-state index in [2.05, 4.69) is 56.8 Å². The van der Waals surface area contributed by atoms with Crippen LogP contribution in [0.1, 0.15) is 56.1 Å². The minimum absolute atomic E-state index is 0.0780. The van der Waals surface area contributed by atoms with Crippen molar-refractivity contribution in [1.29, 1.82) is 0 Å². The number of ether oxygens (including phenoxy) is 1. The van der Waals surface area contributed by atoms with E-state index in [0.717, 1.165) is 18.7 Å². The average Bonchev–Trinajstić information content (AvgIpc) is 2.71. The Morgan fingerprint density at radius 1 is 1.10 bits per heavy atom. The lowest BCUT2D eigenvalue weighted by molar-refractivity contribution is 0.0693. The number of anilines is 1. The number of hydrogen-bond donors (Lipinski definition) is 2. The molecule has 2 rings (SSSR count). The molecule has 0 bridgehead atoms. The van der Waals surface area contributed by atoms with Crippen molar-refractivity contribution in [3.8, 4) is 11.5 Å². The number of benzene rings is 2. The molecule has 0 atom stereocenters. The van der Waals surface area contributed by atoms with Crippen molar-refractivity contribution in [3.63, 3.8) is 0 Å². The molecular formula is C24H32N2O5. The van der Waals surface area contributed by atoms with Gasteiger partial charge in [0.25, 0.3) is 0 Å². The summed E-state index contributed by atoms with van der Waals surface area (Å²) in [7, 11) is 1.47. The first kappa shape index (κ1) is 24.1. The first-order chi connectivity index (χ1) is 14.6. The molecule has 168 valence electrons. The minimum atomic E-state index is -1.20. The SMILES string of the molecule is CCN(CC)c1ccc(/C(COc2ccc(C(=O)O)c(O)c2)=N\OC)cc1C(C)(C)C. The van der Waals surface area contributed by atoms with Gasteiger partial charge >= 0.3 is 5.97 Å². The van der Waals surface area contributed by atoms with E-state index in [1.54, 1.807) is 0 Å². The van der Waals surface area contributed by atoms with E-state index in [1.165, 1.54) is 36.6 Å². The summed E-state index contributed by atoms with van der Waals surface area (Å²) in [6, 6.07) is 10.3. The lowest BCUT2D eigenvalue weighted by atomic mass is 9.84. The van der Waals surface area contributed by atoms with E-state index in [-0.39, 0.29) is 23.3 Å². The Morgan fingerprint density at radius 3 is 2.29 bits per heavy atom. The van der Waals surface area contributed by atoms with Crippen LogP contribution in [0.4, 0.5) is 5.69 Å². The van der Waals surface area contributed by atoms with Crippen molar-refractivity contribution < 1.29 is 24.6 Å². The third kappa shape index (κ3) is 5.90. The highest BCUT2D eigenvalue weighted by Gasteiger charge is 2.22. The quantitative estimate of drug-likeness (QED) is 0.446. The molecule has 0 aromatic heterocycles. The van der Waals surface area contributed by atoms with E-state index in [1.807, 2.05) is 6.07 Å². The number of hydrogen-bond acceptors (Lipinski definition) is 6. The molecule has 0 aliphatic heterocycles. The lowest BCUT2D eigenvalue weighted by Gasteiger charge is -2.30. The number of rotatable bonds is 9. The zero-order valence-corrected chi connectivity index (χ0v) is 19.1. The number of nitrogens with zero attached hydrogens (tertiary/aromatic N) is 2. The lowest BCUT2D eigenvalue weighted by Crippen LogP contribution is -2.27. The molecule has 0 amide bonds. The van der Waals surface area contributed by atoms with Crippen LogP contribution in [0.25, 0.3) is 0 Å². The summed E-state index contributed by atoms with van der Waals surface area (Å²) in [5.74, 6) is -1.22. The van der Waals surface area contributed by atoms with E-state index >= 15 is 0 Å². The summed E-state index contributed by atoms with van der Waals surface area (Å²) in [6.45, 7) is 12.7. The highest BCUT2D eigenvalue weighted by atomic mass is 16.6. The van der Waals surface area contributed by atoms with Crippen LogP contribution in [0.5, 0.6) is 11.5 Å². The van der Waals surface area contributed by atoms with Crippen LogP contribution in [-0.4, -0.2) is 48.7 Å². The molecule has 0 unspecified atom stereocenters. The number of carboxylic acid groups (broad SMARTS) is 1. The molecule has 2 aromatic rings.